The Labute approximate surface area is 149 Å². The van der Waals surface area contributed by atoms with E-state index in [-0.39, 0.29) is 5.92 Å². The molecule has 1 atom stereocenters. The third-order valence-electron chi connectivity index (χ3n) is 4.46. The molecule has 3 rings (SSSR count). The molecule has 2 aromatic rings. The Hall–Kier alpha value is -2.01. The second-order valence-corrected chi connectivity index (χ2v) is 6.98. The summed E-state index contributed by atoms with van der Waals surface area (Å²) in [5.41, 5.74) is 5.85. The van der Waals surface area contributed by atoms with Gasteiger partial charge < -0.3 is 0 Å². The van der Waals surface area contributed by atoms with E-state index < -0.39 is 11.7 Å². The van der Waals surface area contributed by atoms with Gasteiger partial charge in [-0.2, -0.15) is 18.3 Å². The van der Waals surface area contributed by atoms with Crippen molar-refractivity contribution in [1.82, 2.24) is 0 Å². The highest BCUT2D eigenvalue weighted by atomic mass is 35.5. The van der Waals surface area contributed by atoms with Gasteiger partial charge in [0.25, 0.3) is 0 Å². The van der Waals surface area contributed by atoms with E-state index in [2.05, 4.69) is 24.4 Å². The molecule has 0 radical (unpaired) electrons. The number of hydrazone groups is 1. The summed E-state index contributed by atoms with van der Waals surface area (Å²) in [6.07, 6.45) is -3.47. The molecule has 0 aliphatic heterocycles. The van der Waals surface area contributed by atoms with Crippen molar-refractivity contribution in [2.75, 3.05) is 5.43 Å². The summed E-state index contributed by atoms with van der Waals surface area (Å²) in [5, 5.41) is 5.19. The van der Waals surface area contributed by atoms with Crippen LogP contribution in [0.15, 0.2) is 47.6 Å². The quantitative estimate of drug-likeness (QED) is 0.661. The molecule has 0 fully saturated rings. The van der Waals surface area contributed by atoms with Crippen molar-refractivity contribution in [3.63, 3.8) is 0 Å². The summed E-state index contributed by atoms with van der Waals surface area (Å²) in [7, 11) is 0. The van der Waals surface area contributed by atoms with Gasteiger partial charge in [-0.25, -0.2) is 0 Å². The third-order valence-corrected chi connectivity index (χ3v) is 4.69. The molecule has 0 spiro atoms. The number of halogens is 4. The lowest BCUT2D eigenvalue weighted by Crippen LogP contribution is -2.18. The van der Waals surface area contributed by atoms with Crippen LogP contribution in [0.3, 0.4) is 0 Å². The van der Waals surface area contributed by atoms with E-state index in [0.717, 1.165) is 35.4 Å². The number of alkyl halides is 3. The summed E-state index contributed by atoms with van der Waals surface area (Å²) in [6.45, 7) is 4.26. The zero-order valence-corrected chi connectivity index (χ0v) is 14.6. The Morgan fingerprint density at radius 3 is 2.40 bits per heavy atom. The van der Waals surface area contributed by atoms with Crippen molar-refractivity contribution < 1.29 is 13.2 Å². The predicted molar refractivity (Wildman–Crippen MR) is 95.1 cm³/mol. The predicted octanol–water partition coefficient (Wildman–Crippen LogP) is 6.00. The molecule has 0 saturated heterocycles. The summed E-state index contributed by atoms with van der Waals surface area (Å²) < 4.78 is 37.9. The maximum Gasteiger partial charge on any atom is 0.416 e. The molecule has 132 valence electrons. The van der Waals surface area contributed by atoms with Crippen LogP contribution in [0.2, 0.25) is 5.02 Å². The highest BCUT2D eigenvalue weighted by molar-refractivity contribution is 6.30. The van der Waals surface area contributed by atoms with Crippen LogP contribution in [-0.4, -0.2) is 5.71 Å². The number of nitrogens with one attached hydrogen (secondary N) is 1. The van der Waals surface area contributed by atoms with E-state index in [1.807, 2.05) is 18.2 Å². The molecule has 1 N–H and O–H groups in total. The molecule has 6 heteroatoms. The van der Waals surface area contributed by atoms with Gasteiger partial charge in [0.15, 0.2) is 0 Å². The lowest BCUT2D eigenvalue weighted by atomic mass is 9.91. The van der Waals surface area contributed by atoms with Crippen molar-refractivity contribution in [3.05, 3.63) is 64.2 Å². The fourth-order valence-corrected chi connectivity index (χ4v) is 3.26. The van der Waals surface area contributed by atoms with Crippen LogP contribution in [0, 0.1) is 11.8 Å². The van der Waals surface area contributed by atoms with E-state index >= 15 is 0 Å². The number of benzene rings is 2. The zero-order chi connectivity index (χ0) is 18.2. The first-order chi connectivity index (χ1) is 11.8. The second kappa shape index (κ2) is 6.71. The smallest absolute Gasteiger partial charge is 0.278 e. The Morgan fingerprint density at radius 1 is 1.12 bits per heavy atom. The molecule has 1 aliphatic rings. The largest absolute Gasteiger partial charge is 0.416 e. The molecule has 0 bridgehead atoms. The van der Waals surface area contributed by atoms with E-state index in [1.54, 1.807) is 0 Å². The fourth-order valence-electron chi connectivity index (χ4n) is 3.07. The molecule has 1 unspecified atom stereocenters. The van der Waals surface area contributed by atoms with Crippen LogP contribution >= 0.6 is 11.6 Å². The van der Waals surface area contributed by atoms with Crippen LogP contribution in [0.25, 0.3) is 0 Å². The highest BCUT2D eigenvalue weighted by Crippen LogP contribution is 2.34. The molecule has 0 heterocycles. The lowest BCUT2D eigenvalue weighted by Gasteiger charge is -2.16. The van der Waals surface area contributed by atoms with Gasteiger partial charge in [-0.05, 0) is 54.3 Å². The average molecular weight is 367 g/mol. The molecule has 2 nitrogen and oxygen atoms in total. The third kappa shape index (κ3) is 3.82. The Morgan fingerprint density at radius 2 is 1.80 bits per heavy atom. The van der Waals surface area contributed by atoms with Crippen molar-refractivity contribution in [1.29, 1.82) is 0 Å². The normalized spacial score (nSPS) is 18.7. The first-order valence-electron chi connectivity index (χ1n) is 8.05. The van der Waals surface area contributed by atoms with Gasteiger partial charge in [-0.3, -0.25) is 5.43 Å². The van der Waals surface area contributed by atoms with E-state index in [9.17, 15) is 13.2 Å². The monoisotopic (exact) mass is 366 g/mol. The highest BCUT2D eigenvalue weighted by Gasteiger charge is 2.31. The first kappa shape index (κ1) is 17.8. The van der Waals surface area contributed by atoms with Gasteiger partial charge in [0.05, 0.1) is 17.0 Å². The minimum absolute atomic E-state index is 0.246. The number of hydrogen-bond acceptors (Lipinski definition) is 2. The molecule has 0 amide bonds. The fraction of sp³-hybridized carbons (Fsp3) is 0.316. The number of fused-ring (bicyclic) bond motifs is 1. The molecule has 1 aliphatic carbocycles. The summed E-state index contributed by atoms with van der Waals surface area (Å²) >= 11 is 6.08. The lowest BCUT2D eigenvalue weighted by molar-refractivity contribution is -0.137. The second-order valence-electron chi connectivity index (χ2n) is 6.54. The van der Waals surface area contributed by atoms with Crippen molar-refractivity contribution in [2.24, 2.45) is 16.9 Å². The zero-order valence-electron chi connectivity index (χ0n) is 13.9. The number of hydrogen-bond donors (Lipinski definition) is 1. The van der Waals surface area contributed by atoms with Gasteiger partial charge in [0, 0.05) is 16.5 Å². The number of nitrogens with zero attached hydrogens (tertiary/aromatic N) is 1. The van der Waals surface area contributed by atoms with Crippen LogP contribution in [0.5, 0.6) is 0 Å². The van der Waals surface area contributed by atoms with Gasteiger partial charge >= 0.3 is 6.18 Å². The summed E-state index contributed by atoms with van der Waals surface area (Å²) in [4.78, 5) is 0. The minimum atomic E-state index is -4.34. The van der Waals surface area contributed by atoms with Crippen LogP contribution in [-0.2, 0) is 12.6 Å². The number of rotatable bonds is 3. The average Bonchev–Trinajstić information content (AvgIpc) is 2.90. The summed E-state index contributed by atoms with van der Waals surface area (Å²) in [6, 6.07) is 10.6. The van der Waals surface area contributed by atoms with Gasteiger partial charge in [-0.1, -0.05) is 31.5 Å². The van der Waals surface area contributed by atoms with Crippen LogP contribution < -0.4 is 5.43 Å². The van der Waals surface area contributed by atoms with Crippen molar-refractivity contribution in [3.8, 4) is 0 Å². The van der Waals surface area contributed by atoms with Crippen molar-refractivity contribution >= 4 is 23.0 Å². The van der Waals surface area contributed by atoms with E-state index in [0.29, 0.717) is 16.6 Å². The molecular weight excluding hydrogens is 349 g/mol. The van der Waals surface area contributed by atoms with Crippen LogP contribution in [0.1, 0.15) is 30.5 Å². The van der Waals surface area contributed by atoms with Gasteiger partial charge in [0.2, 0.25) is 0 Å². The van der Waals surface area contributed by atoms with Gasteiger partial charge in [-0.15, -0.1) is 0 Å². The van der Waals surface area contributed by atoms with Crippen molar-refractivity contribution in [2.45, 2.75) is 26.4 Å². The number of anilines is 1. The SMILES string of the molecule is CC(C)C1Cc2cc(Cl)ccc2C1=NNc1ccc(C(F)(F)F)cc1. The molecule has 25 heavy (non-hydrogen) atoms. The molecule has 2 aromatic carbocycles. The van der Waals surface area contributed by atoms with Crippen LogP contribution in [0.4, 0.5) is 18.9 Å². The molecular formula is C19H18ClF3N2. The first-order valence-corrected chi connectivity index (χ1v) is 8.43. The standard InChI is InChI=1S/C19H18ClF3N2/c1-11(2)17-10-12-9-14(20)5-8-16(12)18(17)25-24-15-6-3-13(4-7-15)19(21,22)23/h3-9,11,17,24H,10H2,1-2H3. The Balaban J connectivity index is 1.86. The topological polar surface area (TPSA) is 24.4 Å². The maximum absolute atomic E-state index is 12.6. The van der Waals surface area contributed by atoms with E-state index in [4.69, 9.17) is 11.6 Å². The molecule has 0 saturated carbocycles. The Kier molecular flexibility index (Phi) is 4.78. The maximum atomic E-state index is 12.6. The summed E-state index contributed by atoms with van der Waals surface area (Å²) in [5.74, 6) is 0.634. The van der Waals surface area contributed by atoms with Gasteiger partial charge in [0.1, 0.15) is 0 Å². The Bertz CT molecular complexity index is 795. The van der Waals surface area contributed by atoms with E-state index in [1.165, 1.54) is 12.1 Å². The molecule has 0 aromatic heterocycles. The minimum Gasteiger partial charge on any atom is -0.278 e.